The molecule has 0 aromatic heterocycles. The van der Waals surface area contributed by atoms with Gasteiger partial charge in [0.05, 0.1) is 7.11 Å². The van der Waals surface area contributed by atoms with E-state index >= 15 is 0 Å². The lowest BCUT2D eigenvalue weighted by Crippen LogP contribution is -2.33. The Morgan fingerprint density at radius 3 is 2.57 bits per heavy atom. The highest BCUT2D eigenvalue weighted by atomic mass is 32.2. The van der Waals surface area contributed by atoms with Crippen molar-refractivity contribution < 1.29 is 13.2 Å². The molecule has 1 fully saturated rings. The van der Waals surface area contributed by atoms with Crippen molar-refractivity contribution in [2.45, 2.75) is 37.0 Å². The highest BCUT2D eigenvalue weighted by Crippen LogP contribution is 2.30. The second kappa shape index (κ2) is 6.66. The molecule has 1 saturated carbocycles. The van der Waals surface area contributed by atoms with E-state index in [2.05, 4.69) is 0 Å². The van der Waals surface area contributed by atoms with Crippen molar-refractivity contribution in [3.05, 3.63) is 18.2 Å². The van der Waals surface area contributed by atoms with Crippen LogP contribution in [0.5, 0.6) is 5.75 Å². The molecule has 0 aliphatic heterocycles. The Kier molecular flexibility index (Phi) is 5.11. The molecule has 0 amide bonds. The normalized spacial score (nSPS) is 17.1. The SMILES string of the molecule is COc1cc(N)ccc1S(=O)(=O)N(C)CC1CCCCC1. The third-order valence-electron chi connectivity index (χ3n) is 4.12. The summed E-state index contributed by atoms with van der Waals surface area (Å²) in [4.78, 5) is 0.178. The lowest BCUT2D eigenvalue weighted by Gasteiger charge is -2.27. The molecule has 1 aliphatic carbocycles. The number of nitrogens with zero attached hydrogens (tertiary/aromatic N) is 1. The van der Waals surface area contributed by atoms with E-state index in [1.54, 1.807) is 19.2 Å². The molecular weight excluding hydrogens is 288 g/mol. The molecule has 0 bridgehead atoms. The molecule has 0 saturated heterocycles. The quantitative estimate of drug-likeness (QED) is 0.848. The first kappa shape index (κ1) is 16.1. The Balaban J connectivity index is 2.20. The zero-order valence-electron chi connectivity index (χ0n) is 12.7. The summed E-state index contributed by atoms with van der Waals surface area (Å²) in [5.74, 6) is 0.754. The maximum absolute atomic E-state index is 12.7. The molecule has 2 N–H and O–H groups in total. The Labute approximate surface area is 127 Å². The zero-order valence-corrected chi connectivity index (χ0v) is 13.5. The van der Waals surface area contributed by atoms with Crippen LogP contribution in [0.3, 0.4) is 0 Å². The highest BCUT2D eigenvalue weighted by molar-refractivity contribution is 7.89. The van der Waals surface area contributed by atoms with Gasteiger partial charge in [0, 0.05) is 25.3 Å². The first-order chi connectivity index (χ1) is 9.95. The molecular formula is C15H24N2O3S. The average Bonchev–Trinajstić information content (AvgIpc) is 2.47. The summed E-state index contributed by atoms with van der Waals surface area (Å²) >= 11 is 0. The van der Waals surface area contributed by atoms with Crippen molar-refractivity contribution in [1.29, 1.82) is 0 Å². The van der Waals surface area contributed by atoms with Gasteiger partial charge in [0.2, 0.25) is 10.0 Å². The lowest BCUT2D eigenvalue weighted by atomic mass is 9.89. The van der Waals surface area contributed by atoms with Gasteiger partial charge in [-0.05, 0) is 30.9 Å². The largest absolute Gasteiger partial charge is 0.495 e. The highest BCUT2D eigenvalue weighted by Gasteiger charge is 2.27. The predicted molar refractivity (Wildman–Crippen MR) is 83.8 cm³/mol. The minimum Gasteiger partial charge on any atom is -0.495 e. The second-order valence-corrected chi connectivity index (χ2v) is 7.71. The molecule has 1 aromatic rings. The van der Waals surface area contributed by atoms with Gasteiger partial charge in [0.1, 0.15) is 10.6 Å². The van der Waals surface area contributed by atoms with Gasteiger partial charge in [-0.1, -0.05) is 19.3 Å². The fourth-order valence-corrected chi connectivity index (χ4v) is 4.28. The zero-order chi connectivity index (χ0) is 15.5. The lowest BCUT2D eigenvalue weighted by molar-refractivity contribution is 0.299. The maximum atomic E-state index is 12.7. The van der Waals surface area contributed by atoms with Crippen LogP contribution in [-0.2, 0) is 10.0 Å². The van der Waals surface area contributed by atoms with Crippen LogP contribution in [0.4, 0.5) is 5.69 Å². The number of benzene rings is 1. The van der Waals surface area contributed by atoms with Gasteiger partial charge in [-0.2, -0.15) is 0 Å². The van der Waals surface area contributed by atoms with Gasteiger partial charge in [-0.25, -0.2) is 12.7 Å². The average molecular weight is 312 g/mol. The number of nitrogens with two attached hydrogens (primary N) is 1. The summed E-state index contributed by atoms with van der Waals surface area (Å²) in [7, 11) is -0.453. The van der Waals surface area contributed by atoms with Crippen molar-refractivity contribution in [3.8, 4) is 5.75 Å². The summed E-state index contributed by atoms with van der Waals surface area (Å²) in [6.45, 7) is 0.565. The first-order valence-electron chi connectivity index (χ1n) is 7.35. The van der Waals surface area contributed by atoms with Crippen molar-refractivity contribution in [1.82, 2.24) is 4.31 Å². The molecule has 0 unspecified atom stereocenters. The van der Waals surface area contributed by atoms with Crippen molar-refractivity contribution in [2.24, 2.45) is 5.92 Å². The third-order valence-corrected chi connectivity index (χ3v) is 5.98. The molecule has 1 aliphatic rings. The summed E-state index contributed by atoms with van der Waals surface area (Å²) in [5, 5.41) is 0. The van der Waals surface area contributed by atoms with E-state index in [0.717, 1.165) is 12.8 Å². The van der Waals surface area contributed by atoms with Crippen molar-refractivity contribution >= 4 is 15.7 Å². The Bertz CT molecular complexity index is 581. The molecule has 118 valence electrons. The number of hydrogen-bond donors (Lipinski definition) is 1. The van der Waals surface area contributed by atoms with Gasteiger partial charge in [0.25, 0.3) is 0 Å². The Morgan fingerprint density at radius 1 is 1.29 bits per heavy atom. The van der Waals surface area contributed by atoms with Gasteiger partial charge < -0.3 is 10.5 Å². The van der Waals surface area contributed by atoms with Gasteiger partial charge >= 0.3 is 0 Å². The number of rotatable bonds is 5. The van der Waals surface area contributed by atoms with E-state index in [9.17, 15) is 8.42 Å². The van der Waals surface area contributed by atoms with Crippen LogP contribution in [0.25, 0.3) is 0 Å². The first-order valence-corrected chi connectivity index (χ1v) is 8.79. The van der Waals surface area contributed by atoms with E-state index in [-0.39, 0.29) is 4.90 Å². The number of nitrogen functional groups attached to an aromatic ring is 1. The Hall–Kier alpha value is -1.27. The van der Waals surface area contributed by atoms with Crippen LogP contribution in [0.15, 0.2) is 23.1 Å². The van der Waals surface area contributed by atoms with Crippen LogP contribution in [0.2, 0.25) is 0 Å². The van der Waals surface area contributed by atoms with Gasteiger partial charge in [0.15, 0.2) is 0 Å². The van der Waals surface area contributed by atoms with E-state index in [1.807, 2.05) is 0 Å². The molecule has 21 heavy (non-hydrogen) atoms. The maximum Gasteiger partial charge on any atom is 0.246 e. The fraction of sp³-hybridized carbons (Fsp3) is 0.600. The molecule has 0 radical (unpaired) electrons. The fourth-order valence-electron chi connectivity index (χ4n) is 2.90. The molecule has 1 aromatic carbocycles. The standard InChI is InChI=1S/C15H24N2O3S/c1-17(11-12-6-4-3-5-7-12)21(18,19)15-9-8-13(16)10-14(15)20-2/h8-10,12H,3-7,11,16H2,1-2H3. The van der Waals surface area contributed by atoms with E-state index < -0.39 is 10.0 Å². The van der Waals surface area contributed by atoms with Gasteiger partial charge in [-0.3, -0.25) is 0 Å². The van der Waals surface area contributed by atoms with Crippen molar-refractivity contribution in [2.75, 3.05) is 26.4 Å². The monoisotopic (exact) mass is 312 g/mol. The van der Waals surface area contributed by atoms with E-state index in [1.165, 1.54) is 36.7 Å². The van der Waals surface area contributed by atoms with E-state index in [0.29, 0.717) is 23.9 Å². The summed E-state index contributed by atoms with van der Waals surface area (Å²) < 4.78 is 32.0. The van der Waals surface area contributed by atoms with Crippen LogP contribution in [-0.4, -0.2) is 33.4 Å². The minimum absolute atomic E-state index is 0.178. The van der Waals surface area contributed by atoms with Crippen LogP contribution in [0, 0.1) is 5.92 Å². The smallest absolute Gasteiger partial charge is 0.246 e. The van der Waals surface area contributed by atoms with Crippen LogP contribution >= 0.6 is 0 Å². The number of methoxy groups -OCH3 is 1. The topological polar surface area (TPSA) is 72.6 Å². The molecule has 0 spiro atoms. The molecule has 0 heterocycles. The molecule has 2 rings (SSSR count). The van der Waals surface area contributed by atoms with Crippen LogP contribution in [0.1, 0.15) is 32.1 Å². The number of hydrogen-bond acceptors (Lipinski definition) is 4. The van der Waals surface area contributed by atoms with Gasteiger partial charge in [-0.15, -0.1) is 0 Å². The minimum atomic E-state index is -3.55. The van der Waals surface area contributed by atoms with Crippen LogP contribution < -0.4 is 10.5 Å². The molecule has 6 heteroatoms. The predicted octanol–water partition coefficient (Wildman–Crippen LogP) is 2.48. The summed E-state index contributed by atoms with van der Waals surface area (Å²) in [5.41, 5.74) is 6.17. The molecule has 5 nitrogen and oxygen atoms in total. The second-order valence-electron chi connectivity index (χ2n) is 5.70. The van der Waals surface area contributed by atoms with E-state index in [4.69, 9.17) is 10.5 Å². The third kappa shape index (κ3) is 3.68. The number of sulfonamides is 1. The summed E-state index contributed by atoms with van der Waals surface area (Å²) in [6, 6.07) is 4.64. The number of anilines is 1. The number of ether oxygens (including phenoxy) is 1. The van der Waals surface area contributed by atoms with Crippen molar-refractivity contribution in [3.63, 3.8) is 0 Å². The molecule has 0 atom stereocenters. The Morgan fingerprint density at radius 2 is 1.95 bits per heavy atom. The summed E-state index contributed by atoms with van der Waals surface area (Å²) in [6.07, 6.45) is 5.88.